The van der Waals surface area contributed by atoms with E-state index >= 15 is 0 Å². The lowest BCUT2D eigenvalue weighted by molar-refractivity contribution is -0.118. The van der Waals surface area contributed by atoms with Crippen molar-refractivity contribution in [2.75, 3.05) is 11.9 Å². The summed E-state index contributed by atoms with van der Waals surface area (Å²) in [7, 11) is 0. The van der Waals surface area contributed by atoms with Gasteiger partial charge in [0.15, 0.2) is 12.2 Å². The highest BCUT2D eigenvalue weighted by molar-refractivity contribution is 5.97. The maximum absolute atomic E-state index is 12.3. The molecule has 1 aromatic heterocycles. The summed E-state index contributed by atoms with van der Waals surface area (Å²) in [6.45, 7) is 1.91. The molecule has 5 aromatic rings. The van der Waals surface area contributed by atoms with Crippen molar-refractivity contribution in [1.82, 2.24) is 4.98 Å². The molecule has 0 saturated heterocycles. The molecule has 152 valence electrons. The van der Waals surface area contributed by atoms with Crippen molar-refractivity contribution < 1.29 is 13.9 Å². The molecule has 5 nitrogen and oxygen atoms in total. The van der Waals surface area contributed by atoms with E-state index < -0.39 is 0 Å². The largest absolute Gasteiger partial charge is 0.484 e. The SMILES string of the molecule is Cc1cccc(OCC(=O)Nc2ccc3oc(-c4cccc5ccccc45)nc3c2)c1. The molecule has 0 aliphatic heterocycles. The number of ether oxygens (including phenoxy) is 1. The molecule has 1 amide bonds. The summed E-state index contributed by atoms with van der Waals surface area (Å²) in [6, 6.07) is 27.2. The molecule has 0 spiro atoms. The van der Waals surface area contributed by atoms with Gasteiger partial charge >= 0.3 is 0 Å². The van der Waals surface area contributed by atoms with Crippen molar-refractivity contribution in [1.29, 1.82) is 0 Å². The molecule has 0 saturated carbocycles. The third-order valence-corrected chi connectivity index (χ3v) is 5.05. The lowest BCUT2D eigenvalue weighted by atomic mass is 10.0. The Labute approximate surface area is 179 Å². The zero-order valence-electron chi connectivity index (χ0n) is 17.0. The summed E-state index contributed by atoms with van der Waals surface area (Å²) >= 11 is 0. The van der Waals surface area contributed by atoms with E-state index in [0.29, 0.717) is 28.4 Å². The zero-order valence-corrected chi connectivity index (χ0v) is 17.0. The number of anilines is 1. The number of aromatic nitrogens is 1. The number of hydrogen-bond acceptors (Lipinski definition) is 4. The number of carbonyl (C=O) groups is 1. The van der Waals surface area contributed by atoms with E-state index in [1.165, 1.54) is 0 Å². The summed E-state index contributed by atoms with van der Waals surface area (Å²) in [5.74, 6) is 0.985. The minimum atomic E-state index is -0.237. The van der Waals surface area contributed by atoms with Crippen LogP contribution in [-0.2, 0) is 4.79 Å². The predicted octanol–water partition coefficient (Wildman–Crippen LogP) is 5.97. The monoisotopic (exact) mass is 408 g/mol. The van der Waals surface area contributed by atoms with Crippen LogP contribution in [0.5, 0.6) is 5.75 Å². The van der Waals surface area contributed by atoms with Crippen LogP contribution in [0.15, 0.2) is 89.3 Å². The molecule has 0 bridgehead atoms. The highest BCUT2D eigenvalue weighted by atomic mass is 16.5. The fourth-order valence-electron chi connectivity index (χ4n) is 3.58. The van der Waals surface area contributed by atoms with Gasteiger partial charge in [-0.3, -0.25) is 4.79 Å². The fourth-order valence-corrected chi connectivity index (χ4v) is 3.58. The van der Waals surface area contributed by atoms with E-state index in [-0.39, 0.29) is 12.5 Å². The first kappa shape index (κ1) is 18.9. The number of rotatable bonds is 5. The van der Waals surface area contributed by atoms with Crippen LogP contribution in [0.4, 0.5) is 5.69 Å². The van der Waals surface area contributed by atoms with E-state index in [9.17, 15) is 4.79 Å². The Bertz CT molecular complexity index is 1400. The smallest absolute Gasteiger partial charge is 0.262 e. The second-order valence-corrected chi connectivity index (χ2v) is 7.38. The number of nitrogens with zero attached hydrogens (tertiary/aromatic N) is 1. The number of amides is 1. The van der Waals surface area contributed by atoms with Gasteiger partial charge in [0.1, 0.15) is 11.3 Å². The van der Waals surface area contributed by atoms with E-state index in [4.69, 9.17) is 9.15 Å². The highest BCUT2D eigenvalue weighted by Gasteiger charge is 2.12. The average Bonchev–Trinajstić information content (AvgIpc) is 3.20. The van der Waals surface area contributed by atoms with E-state index in [0.717, 1.165) is 21.9 Å². The van der Waals surface area contributed by atoms with Gasteiger partial charge < -0.3 is 14.5 Å². The van der Waals surface area contributed by atoms with Crippen LogP contribution in [0.2, 0.25) is 0 Å². The molecule has 31 heavy (non-hydrogen) atoms. The second-order valence-electron chi connectivity index (χ2n) is 7.38. The quantitative estimate of drug-likeness (QED) is 0.389. The van der Waals surface area contributed by atoms with Crippen LogP contribution in [0, 0.1) is 6.92 Å². The van der Waals surface area contributed by atoms with Crippen molar-refractivity contribution in [3.8, 4) is 17.2 Å². The van der Waals surface area contributed by atoms with Crippen molar-refractivity contribution >= 4 is 33.5 Å². The zero-order chi connectivity index (χ0) is 21.2. The average molecular weight is 408 g/mol. The molecule has 0 aliphatic rings. The number of benzene rings is 4. The number of nitrogens with one attached hydrogen (secondary N) is 1. The first-order chi connectivity index (χ1) is 15.2. The number of hydrogen-bond donors (Lipinski definition) is 1. The summed E-state index contributed by atoms with van der Waals surface area (Å²) in [5.41, 5.74) is 4.00. The molecule has 1 heterocycles. The van der Waals surface area contributed by atoms with Gasteiger partial charge in [-0.1, -0.05) is 48.5 Å². The van der Waals surface area contributed by atoms with Gasteiger partial charge in [0.05, 0.1) is 0 Å². The van der Waals surface area contributed by atoms with Crippen LogP contribution >= 0.6 is 0 Å². The Morgan fingerprint density at radius 3 is 2.71 bits per heavy atom. The Balaban J connectivity index is 1.35. The first-order valence-electron chi connectivity index (χ1n) is 10.0. The molecule has 5 heteroatoms. The highest BCUT2D eigenvalue weighted by Crippen LogP contribution is 2.31. The maximum Gasteiger partial charge on any atom is 0.262 e. The lowest BCUT2D eigenvalue weighted by Crippen LogP contribution is -2.20. The normalized spacial score (nSPS) is 11.0. The molecule has 1 N–H and O–H groups in total. The maximum atomic E-state index is 12.3. The van der Waals surface area contributed by atoms with Gasteiger partial charge in [-0.2, -0.15) is 0 Å². The Hall–Kier alpha value is -4.12. The van der Waals surface area contributed by atoms with Crippen LogP contribution in [-0.4, -0.2) is 17.5 Å². The Morgan fingerprint density at radius 2 is 1.81 bits per heavy atom. The number of carbonyl (C=O) groups excluding carboxylic acids is 1. The summed E-state index contributed by atoms with van der Waals surface area (Å²) in [4.78, 5) is 17.0. The molecule has 0 atom stereocenters. The molecular weight excluding hydrogens is 388 g/mol. The van der Waals surface area contributed by atoms with Crippen LogP contribution in [0.3, 0.4) is 0 Å². The van der Waals surface area contributed by atoms with Gasteiger partial charge in [0.25, 0.3) is 5.91 Å². The van der Waals surface area contributed by atoms with E-state index in [1.807, 2.05) is 61.5 Å². The van der Waals surface area contributed by atoms with Gasteiger partial charge in [0.2, 0.25) is 5.89 Å². The van der Waals surface area contributed by atoms with E-state index in [2.05, 4.69) is 28.5 Å². The van der Waals surface area contributed by atoms with Crippen molar-refractivity contribution in [3.05, 3.63) is 90.5 Å². The summed E-state index contributed by atoms with van der Waals surface area (Å²) in [5, 5.41) is 5.06. The minimum absolute atomic E-state index is 0.0679. The number of oxazole rings is 1. The molecular formula is C26H20N2O3. The minimum Gasteiger partial charge on any atom is -0.484 e. The number of fused-ring (bicyclic) bond motifs is 2. The summed E-state index contributed by atoms with van der Waals surface area (Å²) in [6.07, 6.45) is 0. The third kappa shape index (κ3) is 3.98. The Morgan fingerprint density at radius 1 is 0.968 bits per heavy atom. The third-order valence-electron chi connectivity index (χ3n) is 5.05. The standard InChI is InChI=1S/C26H20N2O3/c1-17-6-4-9-20(14-17)30-16-25(29)27-19-12-13-24-23(15-19)28-26(31-24)22-11-5-8-18-7-2-3-10-21(18)22/h2-15H,16H2,1H3,(H,27,29). The first-order valence-corrected chi connectivity index (χ1v) is 10.0. The van der Waals surface area contributed by atoms with Gasteiger partial charge in [-0.15, -0.1) is 0 Å². The van der Waals surface area contributed by atoms with Crippen LogP contribution < -0.4 is 10.1 Å². The van der Waals surface area contributed by atoms with Crippen LogP contribution in [0.1, 0.15) is 5.56 Å². The van der Waals surface area contributed by atoms with Gasteiger partial charge in [0, 0.05) is 11.3 Å². The van der Waals surface area contributed by atoms with Gasteiger partial charge in [-0.25, -0.2) is 4.98 Å². The van der Waals surface area contributed by atoms with E-state index in [1.54, 1.807) is 12.1 Å². The fraction of sp³-hybridized carbons (Fsp3) is 0.0769. The topological polar surface area (TPSA) is 64.4 Å². The molecule has 4 aromatic carbocycles. The van der Waals surface area contributed by atoms with Crippen molar-refractivity contribution in [3.63, 3.8) is 0 Å². The molecule has 0 unspecified atom stereocenters. The van der Waals surface area contributed by atoms with Crippen molar-refractivity contribution in [2.45, 2.75) is 6.92 Å². The molecule has 0 radical (unpaired) electrons. The molecule has 5 rings (SSSR count). The van der Waals surface area contributed by atoms with Crippen LogP contribution in [0.25, 0.3) is 33.3 Å². The van der Waals surface area contributed by atoms with Gasteiger partial charge in [-0.05, 0) is 59.7 Å². The molecule has 0 aliphatic carbocycles. The van der Waals surface area contributed by atoms with Crippen molar-refractivity contribution in [2.24, 2.45) is 0 Å². The molecule has 0 fully saturated rings. The Kier molecular flexibility index (Phi) is 4.84. The summed E-state index contributed by atoms with van der Waals surface area (Å²) < 4.78 is 11.6. The second kappa shape index (κ2) is 7.95. The predicted molar refractivity (Wildman–Crippen MR) is 122 cm³/mol. The lowest BCUT2D eigenvalue weighted by Gasteiger charge is -2.08. The number of aryl methyl sites for hydroxylation is 1.